The minimum absolute atomic E-state index is 0.0235. The molecule has 1 aromatic carbocycles. The summed E-state index contributed by atoms with van der Waals surface area (Å²) in [4.78, 5) is 24.4. The van der Waals surface area contributed by atoms with Gasteiger partial charge >= 0.3 is 5.97 Å². The van der Waals surface area contributed by atoms with Gasteiger partial charge in [-0.3, -0.25) is 9.00 Å². The highest BCUT2D eigenvalue weighted by molar-refractivity contribution is 9.10. The largest absolute Gasteiger partial charge is 0.478 e. The molecule has 2 atom stereocenters. The van der Waals surface area contributed by atoms with Crippen LogP contribution < -0.4 is 0 Å². The maximum absolute atomic E-state index is 12.2. The van der Waals surface area contributed by atoms with Crippen molar-refractivity contribution in [3.63, 3.8) is 0 Å². The van der Waals surface area contributed by atoms with Crippen molar-refractivity contribution in [3.8, 4) is 0 Å². The molecule has 0 bridgehead atoms. The van der Waals surface area contributed by atoms with Crippen LogP contribution in [-0.4, -0.2) is 45.4 Å². The number of carboxylic acids is 1. The zero-order chi connectivity index (χ0) is 14.7. The fourth-order valence-electron chi connectivity index (χ4n) is 1.45. The molecule has 0 aliphatic heterocycles. The highest BCUT2D eigenvalue weighted by atomic mass is 79.9. The summed E-state index contributed by atoms with van der Waals surface area (Å²) in [7, 11) is 1.58. The Balaban J connectivity index is 3.10. The molecule has 0 aliphatic rings. The second-order valence-electron chi connectivity index (χ2n) is 4.12. The van der Waals surface area contributed by atoms with Crippen molar-refractivity contribution in [1.29, 1.82) is 0 Å². The molecule has 0 aromatic heterocycles. The number of amides is 1. The molecule has 0 saturated carbocycles. The molecule has 5 nitrogen and oxygen atoms in total. The Labute approximate surface area is 122 Å². The second kappa shape index (κ2) is 6.29. The fraction of sp³-hybridized carbons (Fsp3) is 0.333. The van der Waals surface area contributed by atoms with E-state index in [2.05, 4.69) is 15.9 Å². The molecule has 2 unspecified atom stereocenters. The number of hydrogen-bond acceptors (Lipinski definition) is 3. The van der Waals surface area contributed by atoms with Gasteiger partial charge in [-0.05, 0) is 41.1 Å². The van der Waals surface area contributed by atoms with Gasteiger partial charge in [-0.2, -0.15) is 0 Å². The summed E-state index contributed by atoms with van der Waals surface area (Å²) >= 11 is 3.11. The summed E-state index contributed by atoms with van der Waals surface area (Å²) < 4.78 is 12.6. The van der Waals surface area contributed by atoms with Crippen molar-refractivity contribution in [3.05, 3.63) is 28.2 Å². The number of hydrogen-bond donors (Lipinski definition) is 1. The highest BCUT2D eigenvalue weighted by Gasteiger charge is 2.24. The van der Waals surface area contributed by atoms with Crippen LogP contribution in [0.4, 0.5) is 0 Å². The molecule has 0 heterocycles. The van der Waals surface area contributed by atoms with Gasteiger partial charge in [-0.25, -0.2) is 4.79 Å². The van der Waals surface area contributed by atoms with Gasteiger partial charge < -0.3 is 10.0 Å². The normalized spacial score (nSPS) is 13.7. The molecule has 0 aliphatic carbocycles. The van der Waals surface area contributed by atoms with Crippen LogP contribution >= 0.6 is 15.9 Å². The first-order chi connectivity index (χ1) is 8.75. The molecular weight excluding hydrogens is 334 g/mol. The Kier molecular flexibility index (Phi) is 5.25. The number of benzene rings is 1. The fourth-order valence-corrected chi connectivity index (χ4v) is 3.11. The van der Waals surface area contributed by atoms with Crippen LogP contribution in [0, 0.1) is 0 Å². The van der Waals surface area contributed by atoms with Crippen LogP contribution in [0.15, 0.2) is 27.6 Å². The second-order valence-corrected chi connectivity index (χ2v) is 6.75. The first-order valence-corrected chi connectivity index (χ1v) is 7.41. The average Bonchev–Trinajstić information content (AvgIpc) is 2.36. The van der Waals surface area contributed by atoms with Gasteiger partial charge in [-0.15, -0.1) is 0 Å². The SMILES string of the molecule is CC(C(=O)N(C)C)S(=O)c1ccc(Br)c(C(=O)O)c1. The summed E-state index contributed by atoms with van der Waals surface area (Å²) in [5.41, 5.74) is 0.0235. The van der Waals surface area contributed by atoms with E-state index in [1.54, 1.807) is 27.1 Å². The lowest BCUT2D eigenvalue weighted by Gasteiger charge is -2.16. The van der Waals surface area contributed by atoms with Gasteiger partial charge in [0.15, 0.2) is 0 Å². The van der Waals surface area contributed by atoms with Crippen LogP contribution in [0.5, 0.6) is 0 Å². The number of rotatable bonds is 4. The molecule has 1 N–H and O–H groups in total. The van der Waals surface area contributed by atoms with Gasteiger partial charge in [0, 0.05) is 23.5 Å². The van der Waals surface area contributed by atoms with Gasteiger partial charge in [0.1, 0.15) is 5.25 Å². The van der Waals surface area contributed by atoms with Crippen LogP contribution in [0.2, 0.25) is 0 Å². The maximum Gasteiger partial charge on any atom is 0.336 e. The number of aromatic carboxylic acids is 1. The molecule has 0 radical (unpaired) electrons. The third-order valence-electron chi connectivity index (χ3n) is 2.51. The van der Waals surface area contributed by atoms with Crippen LogP contribution in [0.1, 0.15) is 17.3 Å². The number of carboxylic acid groups (broad SMARTS) is 1. The van der Waals surface area contributed by atoms with Crippen molar-refractivity contribution in [2.45, 2.75) is 17.1 Å². The summed E-state index contributed by atoms with van der Waals surface area (Å²) in [6.45, 7) is 1.56. The van der Waals surface area contributed by atoms with Crippen molar-refractivity contribution < 1.29 is 18.9 Å². The summed E-state index contributed by atoms with van der Waals surface area (Å²) in [6, 6.07) is 4.39. The zero-order valence-corrected chi connectivity index (χ0v) is 13.1. The number of carbonyl (C=O) groups is 2. The standard InChI is InChI=1S/C12H14BrNO4S/c1-7(11(15)14(2)3)19(18)8-4-5-10(13)9(6-8)12(16)17/h4-7H,1-3H3,(H,16,17). The average molecular weight is 348 g/mol. The minimum atomic E-state index is -1.59. The predicted octanol–water partition coefficient (Wildman–Crippen LogP) is 1.73. The molecular formula is C12H14BrNO4S. The van der Waals surface area contributed by atoms with E-state index in [9.17, 15) is 13.8 Å². The lowest BCUT2D eigenvalue weighted by atomic mass is 10.2. The molecule has 7 heteroatoms. The first-order valence-electron chi connectivity index (χ1n) is 5.40. The summed E-state index contributed by atoms with van der Waals surface area (Å²) in [6.07, 6.45) is 0. The van der Waals surface area contributed by atoms with Crippen LogP contribution in [0.3, 0.4) is 0 Å². The lowest BCUT2D eigenvalue weighted by Crippen LogP contribution is -2.34. The van der Waals surface area contributed by atoms with E-state index in [1.807, 2.05) is 0 Å². The first kappa shape index (κ1) is 15.8. The Morgan fingerprint density at radius 1 is 1.37 bits per heavy atom. The van der Waals surface area contributed by atoms with E-state index < -0.39 is 22.0 Å². The van der Waals surface area contributed by atoms with Gasteiger partial charge in [-0.1, -0.05) is 0 Å². The van der Waals surface area contributed by atoms with Gasteiger partial charge in [0.2, 0.25) is 5.91 Å². The molecule has 1 rings (SSSR count). The summed E-state index contributed by atoms with van der Waals surface area (Å²) in [5.74, 6) is -1.38. The van der Waals surface area contributed by atoms with E-state index >= 15 is 0 Å². The molecule has 1 amide bonds. The lowest BCUT2D eigenvalue weighted by molar-refractivity contribution is -0.127. The topological polar surface area (TPSA) is 74.7 Å². The van der Waals surface area contributed by atoms with E-state index in [0.717, 1.165) is 0 Å². The molecule has 0 saturated heterocycles. The Hall–Kier alpha value is -1.21. The van der Waals surface area contributed by atoms with E-state index in [0.29, 0.717) is 9.37 Å². The van der Waals surface area contributed by atoms with Gasteiger partial charge in [0.25, 0.3) is 0 Å². The number of nitrogens with zero attached hydrogens (tertiary/aromatic N) is 1. The molecule has 0 spiro atoms. The Morgan fingerprint density at radius 3 is 2.42 bits per heavy atom. The smallest absolute Gasteiger partial charge is 0.336 e. The minimum Gasteiger partial charge on any atom is -0.478 e. The Morgan fingerprint density at radius 2 is 1.95 bits per heavy atom. The van der Waals surface area contributed by atoms with Crippen LogP contribution in [0.25, 0.3) is 0 Å². The Bertz CT molecular complexity index is 545. The molecule has 19 heavy (non-hydrogen) atoms. The monoisotopic (exact) mass is 347 g/mol. The van der Waals surface area contributed by atoms with Crippen molar-refractivity contribution in [1.82, 2.24) is 4.90 Å². The molecule has 104 valence electrons. The quantitative estimate of drug-likeness (QED) is 0.899. The van der Waals surface area contributed by atoms with Crippen LogP contribution in [-0.2, 0) is 15.6 Å². The van der Waals surface area contributed by atoms with E-state index in [4.69, 9.17) is 5.11 Å². The molecule has 1 aromatic rings. The third-order valence-corrected chi connectivity index (χ3v) is 4.76. The van der Waals surface area contributed by atoms with Crippen molar-refractivity contribution >= 4 is 38.6 Å². The van der Waals surface area contributed by atoms with Crippen molar-refractivity contribution in [2.24, 2.45) is 0 Å². The predicted molar refractivity (Wildman–Crippen MR) is 75.7 cm³/mol. The van der Waals surface area contributed by atoms with Gasteiger partial charge in [0.05, 0.1) is 16.4 Å². The van der Waals surface area contributed by atoms with Crippen molar-refractivity contribution in [2.75, 3.05) is 14.1 Å². The maximum atomic E-state index is 12.2. The highest BCUT2D eigenvalue weighted by Crippen LogP contribution is 2.22. The number of carbonyl (C=O) groups excluding carboxylic acids is 1. The van der Waals surface area contributed by atoms with E-state index in [-0.39, 0.29) is 11.5 Å². The summed E-state index contributed by atoms with van der Waals surface area (Å²) in [5, 5.41) is 8.28. The van der Waals surface area contributed by atoms with E-state index in [1.165, 1.54) is 17.0 Å². The molecule has 0 fully saturated rings. The number of halogens is 1. The third kappa shape index (κ3) is 3.63. The zero-order valence-electron chi connectivity index (χ0n) is 10.7.